The number of rotatable bonds is 8. The van der Waals surface area contributed by atoms with E-state index in [2.05, 4.69) is 6.07 Å². The maximum atomic E-state index is 10.9. The van der Waals surface area contributed by atoms with Crippen LogP contribution in [0.2, 0.25) is 0 Å². The first-order valence-electron chi connectivity index (χ1n) is 7.04. The molecule has 2 aromatic rings. The predicted molar refractivity (Wildman–Crippen MR) is 80.6 cm³/mol. The van der Waals surface area contributed by atoms with E-state index in [-0.39, 0.29) is 6.42 Å². The lowest BCUT2D eigenvalue weighted by Gasteiger charge is -2.07. The number of carboxylic acids is 1. The van der Waals surface area contributed by atoms with Gasteiger partial charge in [0.1, 0.15) is 5.75 Å². The largest absolute Gasteiger partial charge is 0.494 e. The summed E-state index contributed by atoms with van der Waals surface area (Å²) in [6, 6.07) is 14.1. The lowest BCUT2D eigenvalue weighted by atomic mass is 10.1. The normalized spacial score (nSPS) is 10.5. The fraction of sp³-hybridized carbons (Fsp3) is 0.294. The Kier molecular flexibility index (Phi) is 5.32. The summed E-state index contributed by atoms with van der Waals surface area (Å²) in [6.45, 7) is 0.569. The van der Waals surface area contributed by atoms with E-state index in [1.54, 1.807) is 0 Å². The Labute approximate surface area is 123 Å². The summed E-state index contributed by atoms with van der Waals surface area (Å²) in [7, 11) is 0. The van der Waals surface area contributed by atoms with E-state index in [1.807, 2.05) is 36.4 Å². The molecule has 1 N–H and O–H groups in total. The summed E-state index contributed by atoms with van der Waals surface area (Å²) in [6.07, 6.45) is 2.28. The highest BCUT2D eigenvalue weighted by molar-refractivity contribution is 6.32. The summed E-state index contributed by atoms with van der Waals surface area (Å²) in [5, 5.41) is 10.8. The van der Waals surface area contributed by atoms with Gasteiger partial charge in [-0.05, 0) is 42.2 Å². The molecule has 2 aromatic carbocycles. The zero-order chi connectivity index (χ0) is 15.1. The van der Waals surface area contributed by atoms with Crippen LogP contribution in [0.4, 0.5) is 0 Å². The van der Waals surface area contributed by atoms with Gasteiger partial charge in [-0.25, -0.2) is 4.79 Å². The molecule has 0 saturated carbocycles. The van der Waals surface area contributed by atoms with Crippen LogP contribution in [0, 0.1) is 0 Å². The molecule has 4 heteroatoms. The Morgan fingerprint density at radius 2 is 1.71 bits per heavy atom. The Morgan fingerprint density at radius 1 is 0.952 bits per heavy atom. The molecule has 110 valence electrons. The van der Waals surface area contributed by atoms with E-state index in [1.165, 1.54) is 5.39 Å². The fourth-order valence-corrected chi connectivity index (χ4v) is 2.12. The van der Waals surface area contributed by atoms with Gasteiger partial charge in [0.05, 0.1) is 6.61 Å². The molecule has 0 spiro atoms. The van der Waals surface area contributed by atoms with Crippen LogP contribution in [0.15, 0.2) is 42.5 Å². The monoisotopic (exact) mass is 286 g/mol. The second-order valence-electron chi connectivity index (χ2n) is 4.90. The van der Waals surface area contributed by atoms with Crippen LogP contribution in [0.1, 0.15) is 25.7 Å². The summed E-state index contributed by atoms with van der Waals surface area (Å²) in [5.41, 5.74) is 0. The fourth-order valence-electron chi connectivity index (χ4n) is 2.12. The topological polar surface area (TPSA) is 63.6 Å². The zero-order valence-corrected chi connectivity index (χ0v) is 11.7. The summed E-state index contributed by atoms with van der Waals surface area (Å²) < 4.78 is 5.67. The number of Topliss-reactive ketones (excluding diaryl/α,β-unsaturated/α-hetero) is 1. The van der Waals surface area contributed by atoms with Crippen LogP contribution in [0.5, 0.6) is 5.75 Å². The highest BCUT2D eigenvalue weighted by Gasteiger charge is 2.09. The van der Waals surface area contributed by atoms with Crippen molar-refractivity contribution in [2.24, 2.45) is 0 Å². The third-order valence-corrected chi connectivity index (χ3v) is 3.28. The predicted octanol–water partition coefficient (Wildman–Crippen LogP) is 3.43. The van der Waals surface area contributed by atoms with Gasteiger partial charge in [0, 0.05) is 6.42 Å². The number of hydrogen-bond acceptors (Lipinski definition) is 3. The molecule has 2 rings (SSSR count). The lowest BCUT2D eigenvalue weighted by Crippen LogP contribution is -2.11. The van der Waals surface area contributed by atoms with Crippen LogP contribution in [-0.4, -0.2) is 23.5 Å². The van der Waals surface area contributed by atoms with E-state index in [4.69, 9.17) is 9.84 Å². The second-order valence-corrected chi connectivity index (χ2v) is 4.90. The first kappa shape index (κ1) is 15.0. The molecule has 0 unspecified atom stereocenters. The van der Waals surface area contributed by atoms with Gasteiger partial charge >= 0.3 is 5.97 Å². The minimum absolute atomic E-state index is 0.102. The van der Waals surface area contributed by atoms with Gasteiger partial charge < -0.3 is 9.84 Å². The molecule has 0 aliphatic rings. The number of aliphatic carboxylic acids is 1. The maximum absolute atomic E-state index is 10.9. The standard InChI is InChI=1S/C17H18O4/c18-16(17(19)20)8-2-1-5-11-21-15-10-9-13-6-3-4-7-14(13)12-15/h3-4,6-7,9-10,12H,1-2,5,8,11H2,(H,19,20). The molecule has 0 amide bonds. The van der Waals surface area contributed by atoms with E-state index < -0.39 is 11.8 Å². The highest BCUT2D eigenvalue weighted by Crippen LogP contribution is 2.20. The Balaban J connectivity index is 1.70. The number of hydrogen-bond donors (Lipinski definition) is 1. The van der Waals surface area contributed by atoms with E-state index in [9.17, 15) is 9.59 Å². The highest BCUT2D eigenvalue weighted by atomic mass is 16.5. The molecule has 4 nitrogen and oxygen atoms in total. The maximum Gasteiger partial charge on any atom is 0.372 e. The third-order valence-electron chi connectivity index (χ3n) is 3.28. The molecule has 0 radical (unpaired) electrons. The Bertz CT molecular complexity index is 633. The molecule has 21 heavy (non-hydrogen) atoms. The molecular weight excluding hydrogens is 268 g/mol. The third kappa shape index (κ3) is 4.60. The molecule has 0 bridgehead atoms. The van der Waals surface area contributed by atoms with Crippen molar-refractivity contribution in [2.45, 2.75) is 25.7 Å². The van der Waals surface area contributed by atoms with Crippen molar-refractivity contribution in [3.8, 4) is 5.75 Å². The van der Waals surface area contributed by atoms with Gasteiger partial charge in [0.2, 0.25) is 5.78 Å². The van der Waals surface area contributed by atoms with Crippen LogP contribution < -0.4 is 4.74 Å². The summed E-state index contributed by atoms with van der Waals surface area (Å²) in [4.78, 5) is 21.2. The molecule has 0 aliphatic carbocycles. The van der Waals surface area contributed by atoms with Gasteiger partial charge in [-0.15, -0.1) is 0 Å². The SMILES string of the molecule is O=C(O)C(=O)CCCCCOc1ccc2ccccc2c1. The average molecular weight is 286 g/mol. The van der Waals surface area contributed by atoms with Crippen LogP contribution in [0.3, 0.4) is 0 Å². The number of ether oxygens (including phenoxy) is 1. The quantitative estimate of drug-likeness (QED) is 0.596. The molecule has 0 fully saturated rings. The molecule has 0 saturated heterocycles. The number of benzene rings is 2. The van der Waals surface area contributed by atoms with Gasteiger partial charge in [0.25, 0.3) is 0 Å². The van der Waals surface area contributed by atoms with E-state index >= 15 is 0 Å². The Morgan fingerprint density at radius 3 is 2.48 bits per heavy atom. The molecule has 0 atom stereocenters. The van der Waals surface area contributed by atoms with Crippen LogP contribution in [-0.2, 0) is 9.59 Å². The van der Waals surface area contributed by atoms with Crippen molar-refractivity contribution < 1.29 is 19.4 Å². The number of fused-ring (bicyclic) bond motifs is 1. The first-order valence-corrected chi connectivity index (χ1v) is 7.04. The van der Waals surface area contributed by atoms with Gasteiger partial charge in [0.15, 0.2) is 0 Å². The minimum atomic E-state index is -1.34. The van der Waals surface area contributed by atoms with Crippen molar-refractivity contribution in [2.75, 3.05) is 6.61 Å². The molecule has 0 heterocycles. The molecule has 0 aliphatic heterocycles. The van der Waals surface area contributed by atoms with Gasteiger partial charge in [-0.3, -0.25) is 4.79 Å². The van der Waals surface area contributed by atoms with E-state index in [0.29, 0.717) is 13.0 Å². The average Bonchev–Trinajstić information content (AvgIpc) is 2.50. The van der Waals surface area contributed by atoms with Crippen molar-refractivity contribution in [3.63, 3.8) is 0 Å². The number of ketones is 1. The molecule has 0 aromatic heterocycles. The number of unbranched alkanes of at least 4 members (excludes halogenated alkanes) is 2. The first-order chi connectivity index (χ1) is 10.2. The van der Waals surface area contributed by atoms with Crippen molar-refractivity contribution in [3.05, 3.63) is 42.5 Å². The number of carbonyl (C=O) groups is 2. The lowest BCUT2D eigenvalue weighted by molar-refractivity contribution is -0.149. The smallest absolute Gasteiger partial charge is 0.372 e. The summed E-state index contributed by atoms with van der Waals surface area (Å²) >= 11 is 0. The number of carboxylic acid groups (broad SMARTS) is 1. The van der Waals surface area contributed by atoms with Crippen LogP contribution in [0.25, 0.3) is 10.8 Å². The number of carbonyl (C=O) groups excluding carboxylic acids is 1. The second kappa shape index (κ2) is 7.43. The van der Waals surface area contributed by atoms with Crippen molar-refractivity contribution >= 4 is 22.5 Å². The Hall–Kier alpha value is -2.36. The summed E-state index contributed by atoms with van der Waals surface area (Å²) in [5.74, 6) is -1.23. The van der Waals surface area contributed by atoms with Crippen molar-refractivity contribution in [1.29, 1.82) is 0 Å². The molecular formula is C17H18O4. The minimum Gasteiger partial charge on any atom is -0.494 e. The van der Waals surface area contributed by atoms with Gasteiger partial charge in [-0.2, -0.15) is 0 Å². The van der Waals surface area contributed by atoms with Crippen molar-refractivity contribution in [1.82, 2.24) is 0 Å². The van der Waals surface area contributed by atoms with E-state index in [0.717, 1.165) is 24.0 Å². The zero-order valence-electron chi connectivity index (χ0n) is 11.7. The van der Waals surface area contributed by atoms with Gasteiger partial charge in [-0.1, -0.05) is 30.3 Å². The van der Waals surface area contributed by atoms with Crippen LogP contribution >= 0.6 is 0 Å².